The molecule has 4 nitrogen and oxygen atoms in total. The van der Waals surface area contributed by atoms with Crippen LogP contribution in [0.25, 0.3) is 0 Å². The molecule has 0 bridgehead atoms. The van der Waals surface area contributed by atoms with Gasteiger partial charge in [-0.2, -0.15) is 8.42 Å². The molecule has 0 aliphatic heterocycles. The first kappa shape index (κ1) is 42.9. The predicted molar refractivity (Wildman–Crippen MR) is 189 cm³/mol. The highest BCUT2D eigenvalue weighted by Gasteiger charge is 2.11. The molecule has 0 aromatic carbocycles. The van der Waals surface area contributed by atoms with Crippen molar-refractivity contribution in [3.05, 3.63) is 0 Å². The molecule has 0 heterocycles. The van der Waals surface area contributed by atoms with Gasteiger partial charge in [0.05, 0.1) is 13.2 Å². The quantitative estimate of drug-likeness (QED) is 0.0646. The monoisotopic (exact) mass is 631 g/mol. The maximum atomic E-state index is 11.9. The summed E-state index contributed by atoms with van der Waals surface area (Å²) in [6, 6.07) is 0. The summed E-state index contributed by atoms with van der Waals surface area (Å²) >= 11 is 0. The van der Waals surface area contributed by atoms with Crippen molar-refractivity contribution in [3.63, 3.8) is 0 Å². The topological polar surface area (TPSA) is 52.6 Å². The molecule has 260 valence electrons. The molecule has 0 spiro atoms. The minimum absolute atomic E-state index is 0.248. The summed E-state index contributed by atoms with van der Waals surface area (Å²) < 4.78 is 33.9. The van der Waals surface area contributed by atoms with Crippen LogP contribution in [0.2, 0.25) is 0 Å². The lowest BCUT2D eigenvalue weighted by Gasteiger charge is -2.07. The Kier molecular flexibility index (Phi) is 33.1. The molecule has 0 aromatic heterocycles. The molecule has 0 aliphatic rings. The van der Waals surface area contributed by atoms with Crippen molar-refractivity contribution in [1.29, 1.82) is 0 Å². The van der Waals surface area contributed by atoms with Crippen LogP contribution in [-0.2, 0) is 18.8 Å². The molecule has 0 amide bonds. The Morgan fingerprint density at radius 3 is 0.814 bits per heavy atom. The third-order valence-corrected chi connectivity index (χ3v) is 10.4. The SMILES string of the molecule is CCC(C)CCCCCCCCCCCCCCCOS(=O)(=O)OCCCCCCCCCCCCCCCC(C)CC. The van der Waals surface area contributed by atoms with Crippen LogP contribution in [0.5, 0.6) is 0 Å². The van der Waals surface area contributed by atoms with E-state index in [1.54, 1.807) is 0 Å². The lowest BCUT2D eigenvalue weighted by molar-refractivity contribution is 0.208. The maximum absolute atomic E-state index is 11.9. The first-order valence-corrected chi connectivity index (χ1v) is 20.8. The highest BCUT2D eigenvalue weighted by atomic mass is 32.3. The van der Waals surface area contributed by atoms with Crippen LogP contribution in [0.4, 0.5) is 0 Å². The van der Waals surface area contributed by atoms with Crippen molar-refractivity contribution < 1.29 is 16.8 Å². The first-order valence-electron chi connectivity index (χ1n) is 19.4. The van der Waals surface area contributed by atoms with Gasteiger partial charge in [-0.1, -0.05) is 207 Å². The van der Waals surface area contributed by atoms with E-state index in [9.17, 15) is 8.42 Å². The predicted octanol–water partition coefficient (Wildman–Crippen LogP) is 13.3. The maximum Gasteiger partial charge on any atom is 0.399 e. The van der Waals surface area contributed by atoms with Gasteiger partial charge in [-0.3, -0.25) is 0 Å². The third-order valence-electron chi connectivity index (χ3n) is 9.53. The van der Waals surface area contributed by atoms with Crippen LogP contribution in [0, 0.1) is 11.8 Å². The molecule has 0 saturated carbocycles. The van der Waals surface area contributed by atoms with E-state index in [4.69, 9.17) is 8.37 Å². The average molecular weight is 631 g/mol. The van der Waals surface area contributed by atoms with E-state index in [-0.39, 0.29) is 13.2 Å². The summed E-state index contributed by atoms with van der Waals surface area (Å²) in [5.41, 5.74) is 0. The number of unbranched alkanes of at least 4 members (excludes halogenated alkanes) is 24. The molecule has 0 rings (SSSR count). The molecule has 0 radical (unpaired) electrons. The van der Waals surface area contributed by atoms with Gasteiger partial charge in [0.2, 0.25) is 0 Å². The van der Waals surface area contributed by atoms with Crippen LogP contribution in [0.15, 0.2) is 0 Å². The second-order valence-electron chi connectivity index (χ2n) is 13.8. The Hall–Kier alpha value is -0.130. The van der Waals surface area contributed by atoms with Gasteiger partial charge in [0.25, 0.3) is 0 Å². The summed E-state index contributed by atoms with van der Waals surface area (Å²) in [5.74, 6) is 1.81. The van der Waals surface area contributed by atoms with Crippen LogP contribution in [0.3, 0.4) is 0 Å². The smallest absolute Gasteiger partial charge is 0.248 e. The highest BCUT2D eigenvalue weighted by Crippen LogP contribution is 2.17. The van der Waals surface area contributed by atoms with Crippen molar-refractivity contribution >= 4 is 10.4 Å². The zero-order chi connectivity index (χ0) is 31.7. The normalized spacial score (nSPS) is 13.5. The standard InChI is InChI=1S/C38H78O4S/c1-5-37(3)33-29-25-21-17-13-9-7-11-15-19-23-27-31-35-41-43(39,40)42-36-32-28-24-20-16-12-8-10-14-18-22-26-30-34-38(4)6-2/h37-38H,5-36H2,1-4H3. The Labute approximate surface area is 272 Å². The van der Waals surface area contributed by atoms with Crippen LogP contribution in [0.1, 0.15) is 220 Å². The second-order valence-corrected chi connectivity index (χ2v) is 15.1. The fraction of sp³-hybridized carbons (Fsp3) is 1.00. The Bertz CT molecular complexity index is 588. The molecule has 0 aliphatic carbocycles. The van der Waals surface area contributed by atoms with E-state index < -0.39 is 10.4 Å². The number of hydrogen-bond donors (Lipinski definition) is 0. The Balaban J connectivity index is 3.30. The minimum Gasteiger partial charge on any atom is -0.248 e. The molecule has 2 atom stereocenters. The highest BCUT2D eigenvalue weighted by molar-refractivity contribution is 7.81. The molecule has 0 fully saturated rings. The lowest BCUT2D eigenvalue weighted by atomic mass is 9.99. The van der Waals surface area contributed by atoms with Gasteiger partial charge in [0, 0.05) is 0 Å². The Morgan fingerprint density at radius 1 is 0.372 bits per heavy atom. The van der Waals surface area contributed by atoms with Gasteiger partial charge in [-0.15, -0.1) is 0 Å². The summed E-state index contributed by atoms with van der Waals surface area (Å²) in [4.78, 5) is 0. The van der Waals surface area contributed by atoms with Gasteiger partial charge >= 0.3 is 10.4 Å². The molecule has 0 saturated heterocycles. The summed E-state index contributed by atoms with van der Waals surface area (Å²) in [7, 11) is -3.83. The van der Waals surface area contributed by atoms with Crippen molar-refractivity contribution in [2.45, 2.75) is 220 Å². The van der Waals surface area contributed by atoms with E-state index in [1.165, 1.54) is 167 Å². The van der Waals surface area contributed by atoms with Crippen LogP contribution < -0.4 is 0 Å². The second kappa shape index (κ2) is 33.2. The van der Waals surface area contributed by atoms with Gasteiger partial charge in [0.15, 0.2) is 0 Å². The number of rotatable bonds is 36. The van der Waals surface area contributed by atoms with Gasteiger partial charge in [-0.05, 0) is 24.7 Å². The minimum atomic E-state index is -3.83. The fourth-order valence-corrected chi connectivity index (χ4v) is 6.56. The summed E-state index contributed by atoms with van der Waals surface area (Å²) in [6.45, 7) is 9.83. The number of hydrogen-bond acceptors (Lipinski definition) is 4. The average Bonchev–Trinajstić information content (AvgIpc) is 3.00. The molecular formula is C38H78O4S. The molecule has 43 heavy (non-hydrogen) atoms. The summed E-state index contributed by atoms with van der Waals surface area (Å²) in [6.07, 6.45) is 38.8. The van der Waals surface area contributed by atoms with Gasteiger partial charge in [0.1, 0.15) is 0 Å². The van der Waals surface area contributed by atoms with Crippen LogP contribution in [-0.4, -0.2) is 21.6 Å². The van der Waals surface area contributed by atoms with E-state index in [1.807, 2.05) is 0 Å². The largest absolute Gasteiger partial charge is 0.399 e. The lowest BCUT2D eigenvalue weighted by Crippen LogP contribution is -2.12. The molecular weight excluding hydrogens is 552 g/mol. The molecule has 0 aromatic rings. The van der Waals surface area contributed by atoms with Crippen molar-refractivity contribution in [2.24, 2.45) is 11.8 Å². The van der Waals surface area contributed by atoms with E-state index in [2.05, 4.69) is 27.7 Å². The fourth-order valence-electron chi connectivity index (χ4n) is 5.84. The van der Waals surface area contributed by atoms with Crippen molar-refractivity contribution in [3.8, 4) is 0 Å². The van der Waals surface area contributed by atoms with Crippen molar-refractivity contribution in [1.82, 2.24) is 0 Å². The Morgan fingerprint density at radius 2 is 0.581 bits per heavy atom. The zero-order valence-electron chi connectivity index (χ0n) is 29.8. The van der Waals surface area contributed by atoms with Crippen LogP contribution >= 0.6 is 0 Å². The molecule has 5 heteroatoms. The zero-order valence-corrected chi connectivity index (χ0v) is 30.6. The first-order chi connectivity index (χ1) is 20.9. The van der Waals surface area contributed by atoms with Gasteiger partial charge < -0.3 is 0 Å². The van der Waals surface area contributed by atoms with Gasteiger partial charge in [-0.25, -0.2) is 8.37 Å². The summed E-state index contributed by atoms with van der Waals surface area (Å²) in [5, 5.41) is 0. The van der Waals surface area contributed by atoms with E-state index in [0.717, 1.165) is 37.5 Å². The van der Waals surface area contributed by atoms with E-state index in [0.29, 0.717) is 0 Å². The molecule has 0 N–H and O–H groups in total. The third kappa shape index (κ3) is 34.6. The molecule has 2 unspecified atom stereocenters. The van der Waals surface area contributed by atoms with Crippen molar-refractivity contribution in [2.75, 3.05) is 13.2 Å². The van der Waals surface area contributed by atoms with E-state index >= 15 is 0 Å².